The van der Waals surface area contributed by atoms with Gasteiger partial charge in [0.15, 0.2) is 8.32 Å². The summed E-state index contributed by atoms with van der Waals surface area (Å²) in [6.07, 6.45) is -0.658. The Labute approximate surface area is 133 Å². The van der Waals surface area contributed by atoms with Crippen molar-refractivity contribution in [1.29, 1.82) is 0 Å². The van der Waals surface area contributed by atoms with Crippen LogP contribution in [0.3, 0.4) is 0 Å². The highest BCUT2D eigenvalue weighted by Crippen LogP contribution is 2.34. The fourth-order valence-electron chi connectivity index (χ4n) is 2.50. The molecule has 1 unspecified atom stereocenters. The molecular weight excluding hydrogens is 299 g/mol. The van der Waals surface area contributed by atoms with Gasteiger partial charge >= 0.3 is 5.97 Å². The molecule has 0 N–H and O–H groups in total. The van der Waals surface area contributed by atoms with Crippen LogP contribution in [0.1, 0.15) is 32.4 Å². The third kappa shape index (κ3) is 4.27. The molecule has 22 heavy (non-hydrogen) atoms. The van der Waals surface area contributed by atoms with Crippen molar-refractivity contribution >= 4 is 14.3 Å². The minimum absolute atomic E-state index is 0.209. The molecule has 3 nitrogen and oxygen atoms in total. The highest BCUT2D eigenvalue weighted by molar-refractivity contribution is 6.73. The minimum atomic E-state index is -1.99. The van der Waals surface area contributed by atoms with Crippen LogP contribution in [0.2, 0.25) is 18.1 Å². The van der Waals surface area contributed by atoms with Crippen molar-refractivity contribution in [2.45, 2.75) is 45.0 Å². The molecule has 0 radical (unpaired) electrons. The quantitative estimate of drug-likeness (QED) is 0.398. The van der Waals surface area contributed by atoms with Crippen LogP contribution >= 0.6 is 0 Å². The largest absolute Gasteiger partial charge is 0.466 e. The fourth-order valence-corrected chi connectivity index (χ4v) is 5.28. The van der Waals surface area contributed by atoms with Crippen LogP contribution in [0, 0.1) is 5.82 Å². The van der Waals surface area contributed by atoms with Gasteiger partial charge in [0.05, 0.1) is 12.7 Å². The molecule has 0 fully saturated rings. The number of benzene rings is 1. The lowest BCUT2D eigenvalue weighted by Crippen LogP contribution is -2.38. The zero-order valence-electron chi connectivity index (χ0n) is 13.8. The van der Waals surface area contributed by atoms with E-state index in [4.69, 9.17) is 9.16 Å². The first-order chi connectivity index (χ1) is 10.4. The summed E-state index contributed by atoms with van der Waals surface area (Å²) in [5.41, 5.74) is 0.808. The second-order valence-electron chi connectivity index (χ2n) is 5.31. The van der Waals surface area contributed by atoms with Crippen molar-refractivity contribution in [2.24, 2.45) is 0 Å². The average Bonchev–Trinajstić information content (AvgIpc) is 2.55. The van der Waals surface area contributed by atoms with Crippen molar-refractivity contribution in [3.63, 3.8) is 0 Å². The molecule has 5 heteroatoms. The van der Waals surface area contributed by atoms with Crippen LogP contribution in [0.25, 0.3) is 0 Å². The first-order valence-corrected chi connectivity index (χ1v) is 10.2. The van der Waals surface area contributed by atoms with Gasteiger partial charge in [-0.2, -0.15) is 0 Å². The number of hydrogen-bond donors (Lipinski definition) is 0. The summed E-state index contributed by atoms with van der Waals surface area (Å²) in [6.45, 7) is 10.1. The predicted molar refractivity (Wildman–Crippen MR) is 88.6 cm³/mol. The first-order valence-electron chi connectivity index (χ1n) is 7.63. The normalized spacial score (nSPS) is 12.8. The highest BCUT2D eigenvalue weighted by atomic mass is 28.4. The van der Waals surface area contributed by atoms with E-state index in [0.717, 1.165) is 18.1 Å². The maximum absolute atomic E-state index is 13.6. The Hall–Kier alpha value is -1.46. The van der Waals surface area contributed by atoms with Crippen LogP contribution in [-0.4, -0.2) is 21.4 Å². The number of carbonyl (C=O) groups excluding carboxylic acids is 1. The maximum Gasteiger partial charge on any atom is 0.336 e. The Morgan fingerprint density at radius 3 is 2.32 bits per heavy atom. The standard InChI is InChI=1S/C17H25FO3Si/c1-6-22(7-2,8-3)21-16(13(4)17(19)20-5)14-10-9-11-15(18)12-14/h9-12,16H,4,6-8H2,1-3,5H3. The zero-order valence-corrected chi connectivity index (χ0v) is 14.8. The number of ether oxygens (including phenoxy) is 1. The van der Waals surface area contributed by atoms with Crippen molar-refractivity contribution in [1.82, 2.24) is 0 Å². The molecule has 0 aromatic heterocycles. The van der Waals surface area contributed by atoms with Crippen LogP contribution < -0.4 is 0 Å². The molecule has 1 aromatic carbocycles. The Kier molecular flexibility index (Phi) is 6.96. The van der Waals surface area contributed by atoms with Gasteiger partial charge in [0.1, 0.15) is 11.9 Å². The van der Waals surface area contributed by atoms with Gasteiger partial charge in [0, 0.05) is 0 Å². The van der Waals surface area contributed by atoms with Gasteiger partial charge in [-0.05, 0) is 35.8 Å². The number of carbonyl (C=O) groups is 1. The predicted octanol–water partition coefficient (Wildman–Crippen LogP) is 4.62. The summed E-state index contributed by atoms with van der Waals surface area (Å²) < 4.78 is 24.7. The van der Waals surface area contributed by atoms with Gasteiger partial charge in [-0.15, -0.1) is 0 Å². The lowest BCUT2D eigenvalue weighted by molar-refractivity contribution is -0.137. The molecule has 1 rings (SSSR count). The molecule has 0 aliphatic heterocycles. The van der Waals surface area contributed by atoms with Gasteiger partial charge in [0.25, 0.3) is 0 Å². The van der Waals surface area contributed by atoms with E-state index in [9.17, 15) is 9.18 Å². The van der Waals surface area contributed by atoms with E-state index >= 15 is 0 Å². The lowest BCUT2D eigenvalue weighted by atomic mass is 10.0. The van der Waals surface area contributed by atoms with Gasteiger partial charge in [-0.3, -0.25) is 0 Å². The van der Waals surface area contributed by atoms with Crippen molar-refractivity contribution in [2.75, 3.05) is 7.11 Å². The van der Waals surface area contributed by atoms with Gasteiger partial charge in [0.2, 0.25) is 0 Å². The fraction of sp³-hybridized carbons (Fsp3) is 0.471. The van der Waals surface area contributed by atoms with Crippen LogP contribution in [-0.2, 0) is 14.0 Å². The maximum atomic E-state index is 13.6. The van der Waals surface area contributed by atoms with E-state index in [2.05, 4.69) is 27.4 Å². The molecule has 1 atom stereocenters. The Morgan fingerprint density at radius 1 is 1.27 bits per heavy atom. The molecule has 0 aliphatic rings. The molecule has 0 aliphatic carbocycles. The molecule has 0 spiro atoms. The third-order valence-electron chi connectivity index (χ3n) is 4.22. The molecule has 0 saturated carbocycles. The molecule has 1 aromatic rings. The van der Waals surface area contributed by atoms with E-state index in [-0.39, 0.29) is 11.4 Å². The summed E-state index contributed by atoms with van der Waals surface area (Å²) in [6, 6.07) is 8.91. The van der Waals surface area contributed by atoms with Crippen LogP contribution in [0.5, 0.6) is 0 Å². The van der Waals surface area contributed by atoms with Gasteiger partial charge < -0.3 is 9.16 Å². The van der Waals surface area contributed by atoms with Crippen LogP contribution in [0.4, 0.5) is 4.39 Å². The van der Waals surface area contributed by atoms with E-state index in [1.807, 2.05) is 0 Å². The smallest absolute Gasteiger partial charge is 0.336 e. The van der Waals surface area contributed by atoms with E-state index in [1.54, 1.807) is 12.1 Å². The highest BCUT2D eigenvalue weighted by Gasteiger charge is 2.35. The van der Waals surface area contributed by atoms with Gasteiger partial charge in [-0.1, -0.05) is 39.5 Å². The summed E-state index contributed by atoms with van der Waals surface area (Å²) in [7, 11) is -0.687. The van der Waals surface area contributed by atoms with E-state index in [1.165, 1.54) is 19.2 Å². The molecular formula is C17H25FO3Si. The summed E-state index contributed by atoms with van der Waals surface area (Å²) >= 11 is 0. The number of rotatable bonds is 8. The lowest BCUT2D eigenvalue weighted by Gasteiger charge is -2.33. The van der Waals surface area contributed by atoms with Crippen molar-refractivity contribution < 1.29 is 18.3 Å². The topological polar surface area (TPSA) is 35.5 Å². The summed E-state index contributed by atoms with van der Waals surface area (Å²) in [5, 5.41) is 0. The average molecular weight is 324 g/mol. The number of halogens is 1. The molecule has 0 amide bonds. The minimum Gasteiger partial charge on any atom is -0.466 e. The molecule has 0 bridgehead atoms. The number of esters is 1. The Morgan fingerprint density at radius 2 is 1.86 bits per heavy atom. The first kappa shape index (κ1) is 18.6. The van der Waals surface area contributed by atoms with Crippen molar-refractivity contribution in [3.8, 4) is 0 Å². The Balaban J connectivity index is 3.22. The third-order valence-corrected chi connectivity index (χ3v) is 8.82. The SMILES string of the molecule is C=C(C(=O)OC)C(O[Si](CC)(CC)CC)c1cccc(F)c1. The molecule has 0 saturated heterocycles. The second kappa shape index (κ2) is 8.24. The van der Waals surface area contributed by atoms with Crippen LogP contribution in [0.15, 0.2) is 36.4 Å². The van der Waals surface area contributed by atoms with Gasteiger partial charge in [-0.25, -0.2) is 9.18 Å². The monoisotopic (exact) mass is 324 g/mol. The second-order valence-corrected chi connectivity index (χ2v) is 10.0. The zero-order chi connectivity index (χ0) is 16.8. The summed E-state index contributed by atoms with van der Waals surface area (Å²) in [5.74, 6) is -0.888. The molecule has 122 valence electrons. The number of hydrogen-bond acceptors (Lipinski definition) is 3. The summed E-state index contributed by atoms with van der Waals surface area (Å²) in [4.78, 5) is 11.9. The van der Waals surface area contributed by atoms with E-state index < -0.39 is 20.4 Å². The number of methoxy groups -OCH3 is 1. The van der Waals surface area contributed by atoms with E-state index in [0.29, 0.717) is 5.56 Å². The van der Waals surface area contributed by atoms with Crippen molar-refractivity contribution in [3.05, 3.63) is 47.8 Å². The molecule has 0 heterocycles. The Bertz CT molecular complexity index is 518.